The predicted octanol–water partition coefficient (Wildman–Crippen LogP) is 0.415. The summed E-state index contributed by atoms with van der Waals surface area (Å²) in [6.07, 6.45) is 0.481. The summed E-state index contributed by atoms with van der Waals surface area (Å²) >= 11 is 0. The van der Waals surface area contributed by atoms with Gasteiger partial charge in [0.15, 0.2) is 0 Å². The lowest BCUT2D eigenvalue weighted by molar-refractivity contribution is -0.134. The fourth-order valence-electron chi connectivity index (χ4n) is 2.57. The predicted molar refractivity (Wildman–Crippen MR) is 81.0 cm³/mol. The average molecular weight is 316 g/mol. The highest BCUT2D eigenvalue weighted by atomic mass is 16.5. The molecule has 3 amide bonds. The third-order valence-corrected chi connectivity index (χ3v) is 3.70. The van der Waals surface area contributed by atoms with Gasteiger partial charge >= 0.3 is 0 Å². The number of carbonyl (C=O) groups is 3. The molecule has 0 spiro atoms. The number of piperidine rings is 1. The van der Waals surface area contributed by atoms with Gasteiger partial charge in [-0.3, -0.25) is 19.7 Å². The van der Waals surface area contributed by atoms with Crippen LogP contribution in [-0.2, 0) is 9.59 Å². The van der Waals surface area contributed by atoms with E-state index < -0.39 is 17.9 Å². The number of rotatable bonds is 3. The van der Waals surface area contributed by atoms with Gasteiger partial charge in [0, 0.05) is 12.5 Å². The molecule has 1 aliphatic rings. The number of nitrogens with one attached hydrogen (secondary N) is 3. The van der Waals surface area contributed by atoms with Crippen molar-refractivity contribution >= 4 is 28.8 Å². The normalized spacial score (nSPS) is 17.9. The molecule has 120 valence electrons. The van der Waals surface area contributed by atoms with Gasteiger partial charge in [-0.2, -0.15) is 0 Å². The minimum absolute atomic E-state index is 0.200. The number of benzene rings is 1. The minimum atomic E-state index is -0.735. The van der Waals surface area contributed by atoms with E-state index in [2.05, 4.69) is 20.6 Å². The zero-order chi connectivity index (χ0) is 16.6. The molecule has 23 heavy (non-hydrogen) atoms. The number of imide groups is 1. The number of ether oxygens (including phenoxy) is 1. The lowest BCUT2D eigenvalue weighted by Crippen LogP contribution is -2.52. The van der Waals surface area contributed by atoms with E-state index >= 15 is 0 Å². The topological polar surface area (TPSA) is 113 Å². The van der Waals surface area contributed by atoms with E-state index in [4.69, 9.17) is 4.74 Å². The monoisotopic (exact) mass is 316 g/mol. The van der Waals surface area contributed by atoms with Crippen LogP contribution in [0, 0.1) is 6.92 Å². The number of hydrogen-bond donors (Lipinski definition) is 3. The Hall–Kier alpha value is -2.90. The third kappa shape index (κ3) is 2.87. The number of imidazole rings is 1. The second-order valence-electron chi connectivity index (χ2n) is 5.37. The van der Waals surface area contributed by atoms with Gasteiger partial charge in [-0.05, 0) is 19.4 Å². The number of hydrogen-bond acceptors (Lipinski definition) is 5. The van der Waals surface area contributed by atoms with Crippen molar-refractivity contribution in [3.63, 3.8) is 0 Å². The number of H-pyrrole nitrogens is 1. The van der Waals surface area contributed by atoms with E-state index in [1.54, 1.807) is 19.1 Å². The van der Waals surface area contributed by atoms with Gasteiger partial charge in [0.2, 0.25) is 11.8 Å². The SMILES string of the molecule is COc1cc(C(=O)NC2CCC(=O)NC2=O)c2nc(C)[nH]c2c1. The number of methoxy groups -OCH3 is 1. The van der Waals surface area contributed by atoms with Gasteiger partial charge in [-0.15, -0.1) is 0 Å². The van der Waals surface area contributed by atoms with Crippen molar-refractivity contribution in [3.8, 4) is 5.75 Å². The van der Waals surface area contributed by atoms with Crippen molar-refractivity contribution < 1.29 is 19.1 Å². The maximum Gasteiger partial charge on any atom is 0.254 e. The van der Waals surface area contributed by atoms with Crippen LogP contribution in [0.1, 0.15) is 29.0 Å². The molecule has 1 unspecified atom stereocenters. The number of carbonyl (C=O) groups excluding carboxylic acids is 3. The Morgan fingerprint density at radius 3 is 2.87 bits per heavy atom. The van der Waals surface area contributed by atoms with Gasteiger partial charge in [-0.25, -0.2) is 4.98 Å². The maximum atomic E-state index is 12.5. The Kier molecular flexibility index (Phi) is 3.73. The molecule has 2 heterocycles. The van der Waals surface area contributed by atoms with Crippen molar-refractivity contribution in [2.24, 2.45) is 0 Å². The summed E-state index contributed by atoms with van der Waals surface area (Å²) in [5.74, 6) is -0.0769. The molecule has 0 aliphatic carbocycles. The summed E-state index contributed by atoms with van der Waals surface area (Å²) in [6, 6.07) is 2.59. The molecular formula is C15H16N4O4. The molecule has 1 fully saturated rings. The summed E-state index contributed by atoms with van der Waals surface area (Å²) in [6.45, 7) is 1.79. The number of amides is 3. The van der Waals surface area contributed by atoms with Crippen LogP contribution in [0.3, 0.4) is 0 Å². The van der Waals surface area contributed by atoms with E-state index in [0.29, 0.717) is 28.2 Å². The van der Waals surface area contributed by atoms with Crippen LogP contribution in [-0.4, -0.2) is 40.8 Å². The lowest BCUT2D eigenvalue weighted by atomic mass is 10.0. The van der Waals surface area contributed by atoms with Gasteiger partial charge in [0.1, 0.15) is 23.1 Å². The van der Waals surface area contributed by atoms with Crippen molar-refractivity contribution in [2.75, 3.05) is 7.11 Å². The standard InChI is InChI=1S/C15H16N4O4/c1-7-16-11-6-8(23-2)5-9(13(11)17-7)14(21)18-10-3-4-12(20)19-15(10)22/h5-6,10H,3-4H2,1-2H3,(H,16,17)(H,18,21)(H,19,20,22). The molecule has 0 bridgehead atoms. The number of aromatic nitrogens is 2. The molecule has 1 aromatic carbocycles. The van der Waals surface area contributed by atoms with Crippen LogP contribution < -0.4 is 15.4 Å². The van der Waals surface area contributed by atoms with E-state index in [9.17, 15) is 14.4 Å². The van der Waals surface area contributed by atoms with Crippen LogP contribution >= 0.6 is 0 Å². The zero-order valence-corrected chi connectivity index (χ0v) is 12.7. The Balaban J connectivity index is 1.91. The molecule has 1 aromatic heterocycles. The highest BCUT2D eigenvalue weighted by Crippen LogP contribution is 2.24. The quantitative estimate of drug-likeness (QED) is 0.710. The van der Waals surface area contributed by atoms with E-state index in [-0.39, 0.29) is 18.7 Å². The summed E-state index contributed by atoms with van der Waals surface area (Å²) in [5.41, 5.74) is 1.50. The molecular weight excluding hydrogens is 300 g/mol. The second kappa shape index (κ2) is 5.71. The first kappa shape index (κ1) is 15.0. The summed E-state index contributed by atoms with van der Waals surface area (Å²) < 4.78 is 5.20. The molecule has 0 saturated carbocycles. The fraction of sp³-hybridized carbons (Fsp3) is 0.333. The average Bonchev–Trinajstić information content (AvgIpc) is 2.88. The van der Waals surface area contributed by atoms with Gasteiger partial charge in [-0.1, -0.05) is 0 Å². The van der Waals surface area contributed by atoms with Gasteiger partial charge in [0.05, 0.1) is 18.2 Å². The molecule has 1 saturated heterocycles. The molecule has 0 radical (unpaired) electrons. The van der Waals surface area contributed by atoms with E-state index in [1.165, 1.54) is 7.11 Å². The van der Waals surface area contributed by atoms with Crippen LogP contribution in [0.5, 0.6) is 5.75 Å². The Labute approximate surface area is 131 Å². The molecule has 8 nitrogen and oxygen atoms in total. The van der Waals surface area contributed by atoms with Crippen molar-refractivity contribution in [2.45, 2.75) is 25.8 Å². The second-order valence-corrected chi connectivity index (χ2v) is 5.37. The first-order chi connectivity index (χ1) is 11.0. The van der Waals surface area contributed by atoms with Gasteiger partial charge in [0.25, 0.3) is 5.91 Å². The number of aryl methyl sites for hydroxylation is 1. The van der Waals surface area contributed by atoms with Crippen LogP contribution in [0.4, 0.5) is 0 Å². The Bertz CT molecular complexity index is 811. The summed E-state index contributed by atoms with van der Waals surface area (Å²) in [4.78, 5) is 42.8. The van der Waals surface area contributed by atoms with Gasteiger partial charge < -0.3 is 15.0 Å². The molecule has 1 aliphatic heterocycles. The third-order valence-electron chi connectivity index (χ3n) is 3.70. The van der Waals surface area contributed by atoms with Crippen molar-refractivity contribution in [1.82, 2.24) is 20.6 Å². The van der Waals surface area contributed by atoms with E-state index in [1.807, 2.05) is 0 Å². The molecule has 3 N–H and O–H groups in total. The highest BCUT2D eigenvalue weighted by Gasteiger charge is 2.29. The first-order valence-corrected chi connectivity index (χ1v) is 7.17. The number of nitrogens with zero attached hydrogens (tertiary/aromatic N) is 1. The zero-order valence-electron chi connectivity index (χ0n) is 12.7. The number of aromatic amines is 1. The first-order valence-electron chi connectivity index (χ1n) is 7.17. The summed E-state index contributed by atoms with van der Waals surface area (Å²) in [5, 5.41) is 4.86. The maximum absolute atomic E-state index is 12.5. The molecule has 1 atom stereocenters. The van der Waals surface area contributed by atoms with Crippen LogP contribution in [0.25, 0.3) is 11.0 Å². The molecule has 2 aromatic rings. The fourth-order valence-corrected chi connectivity index (χ4v) is 2.57. The summed E-state index contributed by atoms with van der Waals surface area (Å²) in [7, 11) is 1.51. The largest absolute Gasteiger partial charge is 0.497 e. The lowest BCUT2D eigenvalue weighted by Gasteiger charge is -2.21. The van der Waals surface area contributed by atoms with E-state index in [0.717, 1.165) is 0 Å². The van der Waals surface area contributed by atoms with Crippen LogP contribution in [0.2, 0.25) is 0 Å². The van der Waals surface area contributed by atoms with Crippen molar-refractivity contribution in [3.05, 3.63) is 23.5 Å². The highest BCUT2D eigenvalue weighted by molar-refractivity contribution is 6.08. The van der Waals surface area contributed by atoms with Crippen LogP contribution in [0.15, 0.2) is 12.1 Å². The smallest absolute Gasteiger partial charge is 0.254 e. The number of fused-ring (bicyclic) bond motifs is 1. The molecule has 8 heteroatoms. The Morgan fingerprint density at radius 2 is 2.17 bits per heavy atom. The minimum Gasteiger partial charge on any atom is -0.497 e. The Morgan fingerprint density at radius 1 is 1.39 bits per heavy atom. The van der Waals surface area contributed by atoms with Crippen molar-refractivity contribution in [1.29, 1.82) is 0 Å². The molecule has 3 rings (SSSR count).